The van der Waals surface area contributed by atoms with Gasteiger partial charge in [-0.1, -0.05) is 47.5 Å². The number of amides is 2. The van der Waals surface area contributed by atoms with Gasteiger partial charge in [-0.3, -0.25) is 9.59 Å². The lowest BCUT2D eigenvalue weighted by Crippen LogP contribution is -2.28. The Bertz CT molecular complexity index is 802. The van der Waals surface area contributed by atoms with Crippen LogP contribution in [0.15, 0.2) is 42.5 Å². The summed E-state index contributed by atoms with van der Waals surface area (Å²) in [6.45, 7) is 4.92. The van der Waals surface area contributed by atoms with Gasteiger partial charge in [0.2, 0.25) is 11.8 Å². The number of hydrogen-bond donors (Lipinski definition) is 1. The number of benzene rings is 2. The van der Waals surface area contributed by atoms with Crippen LogP contribution in [-0.4, -0.2) is 23.3 Å². The summed E-state index contributed by atoms with van der Waals surface area (Å²) >= 11 is 6.09. The number of nitrogens with zero attached hydrogens (tertiary/aromatic N) is 1. The average molecular weight is 357 g/mol. The molecule has 0 saturated carbocycles. The number of rotatable bonds is 4. The molecule has 2 aromatic carbocycles. The smallest absolute Gasteiger partial charge is 0.229 e. The highest BCUT2D eigenvalue weighted by Gasteiger charge is 2.34. The molecule has 1 saturated heterocycles. The van der Waals surface area contributed by atoms with Gasteiger partial charge >= 0.3 is 0 Å². The van der Waals surface area contributed by atoms with Crippen molar-refractivity contribution in [2.24, 2.45) is 5.92 Å². The maximum Gasteiger partial charge on any atom is 0.229 e. The second-order valence-corrected chi connectivity index (χ2v) is 7.02. The van der Waals surface area contributed by atoms with E-state index in [1.165, 1.54) is 5.56 Å². The number of carbonyl (C=O) groups excluding carboxylic acids is 2. The van der Waals surface area contributed by atoms with Crippen LogP contribution >= 0.6 is 11.6 Å². The Hall–Kier alpha value is -2.33. The summed E-state index contributed by atoms with van der Waals surface area (Å²) in [5.41, 5.74) is 3.88. The third-order valence-electron chi connectivity index (χ3n) is 4.52. The van der Waals surface area contributed by atoms with E-state index < -0.39 is 0 Å². The van der Waals surface area contributed by atoms with Crippen molar-refractivity contribution in [1.82, 2.24) is 4.90 Å². The number of hydrogen-bond acceptors (Lipinski definition) is 2. The molecule has 3 rings (SSSR count). The monoisotopic (exact) mass is 356 g/mol. The SMILES string of the molecule is Cc1ccc(CN2C[C@@H](C(=O)Nc3ccc(C)c(Cl)c3)CC2=O)cc1. The fraction of sp³-hybridized carbons (Fsp3) is 0.300. The first-order valence-corrected chi connectivity index (χ1v) is 8.70. The lowest BCUT2D eigenvalue weighted by Gasteiger charge is -2.17. The lowest BCUT2D eigenvalue weighted by molar-refractivity contribution is -0.128. The van der Waals surface area contributed by atoms with Crippen LogP contribution in [0.3, 0.4) is 0 Å². The van der Waals surface area contributed by atoms with E-state index in [0.29, 0.717) is 23.8 Å². The zero-order valence-electron chi connectivity index (χ0n) is 14.4. The summed E-state index contributed by atoms with van der Waals surface area (Å²) in [4.78, 5) is 26.4. The van der Waals surface area contributed by atoms with Crippen molar-refractivity contribution in [3.05, 3.63) is 64.2 Å². The Balaban J connectivity index is 1.62. The molecule has 130 valence electrons. The molecule has 0 unspecified atom stereocenters. The molecule has 0 aromatic heterocycles. The van der Waals surface area contributed by atoms with Gasteiger partial charge in [0.05, 0.1) is 5.92 Å². The minimum atomic E-state index is -0.335. The molecule has 0 aliphatic carbocycles. The molecule has 4 nitrogen and oxygen atoms in total. The zero-order chi connectivity index (χ0) is 18.0. The standard InChI is InChI=1S/C20H21ClN2O2/c1-13-3-6-15(7-4-13)11-23-12-16(9-19(23)24)20(25)22-17-8-5-14(2)18(21)10-17/h3-8,10,16H,9,11-12H2,1-2H3,(H,22,25)/t16-/m0/s1. The molecule has 25 heavy (non-hydrogen) atoms. The Labute approximate surface area is 152 Å². The summed E-state index contributed by atoms with van der Waals surface area (Å²) < 4.78 is 0. The van der Waals surface area contributed by atoms with Crippen molar-refractivity contribution < 1.29 is 9.59 Å². The first kappa shape index (κ1) is 17.5. The lowest BCUT2D eigenvalue weighted by atomic mass is 10.1. The van der Waals surface area contributed by atoms with E-state index >= 15 is 0 Å². The van der Waals surface area contributed by atoms with E-state index in [4.69, 9.17) is 11.6 Å². The zero-order valence-corrected chi connectivity index (χ0v) is 15.1. The van der Waals surface area contributed by atoms with Gasteiger partial charge in [-0.2, -0.15) is 0 Å². The molecule has 0 radical (unpaired) electrons. The number of aryl methyl sites for hydroxylation is 2. The van der Waals surface area contributed by atoms with Crippen LogP contribution in [-0.2, 0) is 16.1 Å². The second-order valence-electron chi connectivity index (χ2n) is 6.61. The molecule has 0 spiro atoms. The predicted octanol–water partition coefficient (Wildman–Crippen LogP) is 3.94. The Morgan fingerprint density at radius 3 is 2.60 bits per heavy atom. The number of halogens is 1. The molecule has 1 heterocycles. The maximum atomic E-state index is 12.5. The van der Waals surface area contributed by atoms with E-state index in [-0.39, 0.29) is 24.2 Å². The third kappa shape index (κ3) is 4.20. The molecule has 0 bridgehead atoms. The second kappa shape index (κ2) is 7.28. The van der Waals surface area contributed by atoms with Gasteiger partial charge in [0.1, 0.15) is 0 Å². The van der Waals surface area contributed by atoms with Crippen molar-refractivity contribution >= 4 is 29.1 Å². The van der Waals surface area contributed by atoms with E-state index in [1.807, 2.05) is 50.2 Å². The molecule has 1 atom stereocenters. The molecular weight excluding hydrogens is 336 g/mol. The maximum absolute atomic E-state index is 12.5. The van der Waals surface area contributed by atoms with Gasteiger partial charge in [0.15, 0.2) is 0 Å². The highest BCUT2D eigenvalue weighted by Crippen LogP contribution is 2.24. The van der Waals surface area contributed by atoms with Gasteiger partial charge in [0.25, 0.3) is 0 Å². The van der Waals surface area contributed by atoms with Crippen molar-refractivity contribution in [2.45, 2.75) is 26.8 Å². The Morgan fingerprint density at radius 2 is 1.92 bits per heavy atom. The molecule has 1 aliphatic heterocycles. The van der Waals surface area contributed by atoms with Crippen LogP contribution in [0, 0.1) is 19.8 Å². The fourth-order valence-corrected chi connectivity index (χ4v) is 3.11. The Kier molecular flexibility index (Phi) is 5.09. The summed E-state index contributed by atoms with van der Waals surface area (Å²) in [7, 11) is 0. The number of anilines is 1. The quantitative estimate of drug-likeness (QED) is 0.901. The summed E-state index contributed by atoms with van der Waals surface area (Å²) in [6.07, 6.45) is 0.247. The van der Waals surface area contributed by atoms with Crippen molar-refractivity contribution in [3.63, 3.8) is 0 Å². The first-order chi connectivity index (χ1) is 11.9. The van der Waals surface area contributed by atoms with E-state index in [0.717, 1.165) is 11.1 Å². The molecule has 1 N–H and O–H groups in total. The largest absolute Gasteiger partial charge is 0.338 e. The van der Waals surface area contributed by atoms with Crippen LogP contribution in [0.5, 0.6) is 0 Å². The highest BCUT2D eigenvalue weighted by molar-refractivity contribution is 6.31. The van der Waals surface area contributed by atoms with E-state index in [9.17, 15) is 9.59 Å². The molecule has 1 fully saturated rings. The number of carbonyl (C=O) groups is 2. The predicted molar refractivity (Wildman–Crippen MR) is 99.5 cm³/mol. The highest BCUT2D eigenvalue weighted by atomic mass is 35.5. The van der Waals surface area contributed by atoms with E-state index in [2.05, 4.69) is 5.32 Å². The van der Waals surface area contributed by atoms with Crippen LogP contribution in [0.1, 0.15) is 23.1 Å². The van der Waals surface area contributed by atoms with Gasteiger partial charge in [0, 0.05) is 30.2 Å². The molecule has 1 aliphatic rings. The van der Waals surface area contributed by atoms with Gasteiger partial charge < -0.3 is 10.2 Å². The van der Waals surface area contributed by atoms with Crippen molar-refractivity contribution in [3.8, 4) is 0 Å². The van der Waals surface area contributed by atoms with Crippen LogP contribution < -0.4 is 5.32 Å². The molecule has 2 aromatic rings. The minimum Gasteiger partial charge on any atom is -0.338 e. The van der Waals surface area contributed by atoms with Crippen molar-refractivity contribution in [1.29, 1.82) is 0 Å². The molecule has 5 heteroatoms. The third-order valence-corrected chi connectivity index (χ3v) is 4.93. The topological polar surface area (TPSA) is 49.4 Å². The number of likely N-dealkylation sites (tertiary alicyclic amines) is 1. The molecule has 2 amide bonds. The number of nitrogens with one attached hydrogen (secondary N) is 1. The van der Waals surface area contributed by atoms with Gasteiger partial charge in [-0.15, -0.1) is 0 Å². The molecular formula is C20H21ClN2O2. The van der Waals surface area contributed by atoms with E-state index in [1.54, 1.807) is 11.0 Å². The summed E-state index contributed by atoms with van der Waals surface area (Å²) in [5, 5.41) is 3.47. The van der Waals surface area contributed by atoms with Crippen LogP contribution in [0.2, 0.25) is 5.02 Å². The van der Waals surface area contributed by atoms with Crippen LogP contribution in [0.25, 0.3) is 0 Å². The van der Waals surface area contributed by atoms with Gasteiger partial charge in [-0.05, 0) is 37.1 Å². The average Bonchev–Trinajstić information content (AvgIpc) is 2.94. The fourth-order valence-electron chi connectivity index (χ4n) is 2.93. The minimum absolute atomic E-state index is 0.0164. The Morgan fingerprint density at radius 1 is 1.20 bits per heavy atom. The summed E-state index contributed by atoms with van der Waals surface area (Å²) in [5.74, 6) is -0.458. The van der Waals surface area contributed by atoms with Gasteiger partial charge in [-0.25, -0.2) is 0 Å². The summed E-state index contributed by atoms with van der Waals surface area (Å²) in [6, 6.07) is 13.5. The first-order valence-electron chi connectivity index (χ1n) is 8.32. The van der Waals surface area contributed by atoms with Crippen molar-refractivity contribution in [2.75, 3.05) is 11.9 Å². The van der Waals surface area contributed by atoms with Crippen LogP contribution in [0.4, 0.5) is 5.69 Å². The normalized spacial score (nSPS) is 17.0.